The molecule has 0 radical (unpaired) electrons. The highest BCUT2D eigenvalue weighted by Crippen LogP contribution is 2.30. The van der Waals surface area contributed by atoms with Crippen LogP contribution in [0.25, 0.3) is 10.8 Å². The highest BCUT2D eigenvalue weighted by Gasteiger charge is 2.09. The average Bonchev–Trinajstić information content (AvgIpc) is 2.48. The van der Waals surface area contributed by atoms with Crippen LogP contribution in [0.4, 0.5) is 0 Å². The van der Waals surface area contributed by atoms with E-state index in [0.717, 1.165) is 20.7 Å². The second-order valence-electron chi connectivity index (χ2n) is 4.02. The van der Waals surface area contributed by atoms with Gasteiger partial charge in [-0.25, -0.2) is 9.78 Å². The van der Waals surface area contributed by atoms with Gasteiger partial charge in [-0.2, -0.15) is 5.10 Å². The normalized spacial score (nSPS) is 10.6. The van der Waals surface area contributed by atoms with E-state index in [2.05, 4.69) is 15.2 Å². The largest absolute Gasteiger partial charge is 0.477 e. The van der Waals surface area contributed by atoms with Crippen molar-refractivity contribution < 1.29 is 9.90 Å². The number of aromatic carboxylic acids is 1. The summed E-state index contributed by atoms with van der Waals surface area (Å²) < 4.78 is 0. The Bertz CT molecular complexity index is 787. The average molecular weight is 283 g/mol. The first-order valence-electron chi connectivity index (χ1n) is 5.81. The van der Waals surface area contributed by atoms with Crippen LogP contribution in [0.2, 0.25) is 0 Å². The van der Waals surface area contributed by atoms with Gasteiger partial charge >= 0.3 is 5.97 Å². The number of rotatable bonds is 3. The van der Waals surface area contributed by atoms with Crippen molar-refractivity contribution in [1.82, 2.24) is 15.2 Å². The summed E-state index contributed by atoms with van der Waals surface area (Å²) in [5, 5.41) is 19.8. The zero-order valence-electron chi connectivity index (χ0n) is 10.2. The van der Waals surface area contributed by atoms with Gasteiger partial charge in [-0.15, -0.1) is 5.10 Å². The number of hydrogen-bond donors (Lipinski definition) is 1. The van der Waals surface area contributed by atoms with E-state index in [-0.39, 0.29) is 5.69 Å². The number of carbonyl (C=O) groups is 1. The van der Waals surface area contributed by atoms with Crippen LogP contribution in [-0.2, 0) is 0 Å². The SMILES string of the molecule is O=C(O)c1cc(Sc2nncc3ccccc23)ccn1. The number of aromatic nitrogens is 3. The van der Waals surface area contributed by atoms with Gasteiger partial charge in [-0.05, 0) is 12.1 Å². The van der Waals surface area contributed by atoms with Gasteiger partial charge in [0.15, 0.2) is 0 Å². The van der Waals surface area contributed by atoms with Crippen molar-refractivity contribution >= 4 is 28.5 Å². The zero-order valence-corrected chi connectivity index (χ0v) is 11.0. The van der Waals surface area contributed by atoms with Crippen molar-refractivity contribution in [3.8, 4) is 0 Å². The molecule has 0 spiro atoms. The van der Waals surface area contributed by atoms with Crippen molar-refractivity contribution in [1.29, 1.82) is 0 Å². The van der Waals surface area contributed by atoms with E-state index in [0.29, 0.717) is 0 Å². The number of fused-ring (bicyclic) bond motifs is 1. The van der Waals surface area contributed by atoms with Gasteiger partial charge in [0.1, 0.15) is 10.7 Å². The van der Waals surface area contributed by atoms with Gasteiger partial charge in [0.2, 0.25) is 0 Å². The predicted molar refractivity (Wildman–Crippen MR) is 74.9 cm³/mol. The minimum absolute atomic E-state index is 0.0168. The Balaban J connectivity index is 2.01. The zero-order chi connectivity index (χ0) is 13.9. The Hall–Kier alpha value is -2.47. The van der Waals surface area contributed by atoms with E-state index in [1.807, 2.05) is 24.3 Å². The van der Waals surface area contributed by atoms with Crippen LogP contribution in [0.5, 0.6) is 0 Å². The fraction of sp³-hybridized carbons (Fsp3) is 0. The Kier molecular flexibility index (Phi) is 3.30. The predicted octanol–water partition coefficient (Wildman–Crippen LogP) is 2.87. The number of pyridine rings is 1. The first-order valence-corrected chi connectivity index (χ1v) is 6.63. The maximum Gasteiger partial charge on any atom is 0.354 e. The highest BCUT2D eigenvalue weighted by atomic mass is 32.2. The maximum absolute atomic E-state index is 10.9. The lowest BCUT2D eigenvalue weighted by Gasteiger charge is -2.04. The molecule has 0 atom stereocenters. The molecule has 0 saturated carbocycles. The standard InChI is InChI=1S/C14H9N3O2S/c18-14(19)12-7-10(5-6-15-12)20-13-11-4-2-1-3-9(11)8-16-17-13/h1-8H,(H,18,19). The van der Waals surface area contributed by atoms with Gasteiger partial charge in [0, 0.05) is 21.9 Å². The van der Waals surface area contributed by atoms with Crippen LogP contribution in [0.3, 0.4) is 0 Å². The fourth-order valence-corrected chi connectivity index (χ4v) is 2.69. The molecule has 0 aliphatic heterocycles. The molecule has 5 nitrogen and oxygen atoms in total. The quantitative estimate of drug-likeness (QED) is 0.796. The fourth-order valence-electron chi connectivity index (χ4n) is 1.78. The number of carboxylic acids is 1. The molecule has 3 aromatic rings. The molecular formula is C14H9N3O2S. The van der Waals surface area contributed by atoms with Gasteiger partial charge < -0.3 is 5.11 Å². The molecule has 20 heavy (non-hydrogen) atoms. The molecule has 98 valence electrons. The third-order valence-corrected chi connectivity index (χ3v) is 3.69. The summed E-state index contributed by atoms with van der Waals surface area (Å²) in [6.07, 6.45) is 3.18. The summed E-state index contributed by atoms with van der Waals surface area (Å²) in [4.78, 5) is 15.5. The van der Waals surface area contributed by atoms with Crippen molar-refractivity contribution in [3.05, 3.63) is 54.5 Å². The maximum atomic E-state index is 10.9. The monoisotopic (exact) mass is 283 g/mol. The number of hydrogen-bond acceptors (Lipinski definition) is 5. The number of benzene rings is 1. The summed E-state index contributed by atoms with van der Waals surface area (Å²) in [5.41, 5.74) is 0.0168. The van der Waals surface area contributed by atoms with Gasteiger partial charge in [0.25, 0.3) is 0 Å². The summed E-state index contributed by atoms with van der Waals surface area (Å²) in [6, 6.07) is 11.1. The van der Waals surface area contributed by atoms with E-state index in [1.165, 1.54) is 24.0 Å². The lowest BCUT2D eigenvalue weighted by molar-refractivity contribution is 0.0690. The molecule has 0 fully saturated rings. The molecule has 0 aliphatic rings. The Morgan fingerprint density at radius 3 is 2.90 bits per heavy atom. The summed E-state index contributed by atoms with van der Waals surface area (Å²) >= 11 is 1.37. The van der Waals surface area contributed by atoms with Crippen molar-refractivity contribution in [2.24, 2.45) is 0 Å². The second-order valence-corrected chi connectivity index (χ2v) is 5.08. The molecule has 0 unspecified atom stereocenters. The van der Waals surface area contributed by atoms with Crippen molar-refractivity contribution in [2.45, 2.75) is 9.92 Å². The smallest absolute Gasteiger partial charge is 0.354 e. The van der Waals surface area contributed by atoms with Gasteiger partial charge in [0.05, 0.1) is 6.20 Å². The molecule has 2 aromatic heterocycles. The molecule has 6 heteroatoms. The summed E-state index contributed by atoms with van der Waals surface area (Å²) in [6.45, 7) is 0. The highest BCUT2D eigenvalue weighted by molar-refractivity contribution is 7.99. The molecular weight excluding hydrogens is 274 g/mol. The van der Waals surface area contributed by atoms with Crippen LogP contribution >= 0.6 is 11.8 Å². The van der Waals surface area contributed by atoms with Crippen molar-refractivity contribution in [3.63, 3.8) is 0 Å². The minimum Gasteiger partial charge on any atom is -0.477 e. The molecule has 0 amide bonds. The second kappa shape index (κ2) is 5.26. The molecule has 1 N–H and O–H groups in total. The van der Waals surface area contributed by atoms with E-state index >= 15 is 0 Å². The molecule has 1 aromatic carbocycles. The van der Waals surface area contributed by atoms with Crippen LogP contribution in [0.1, 0.15) is 10.5 Å². The molecule has 0 aliphatic carbocycles. The lowest BCUT2D eigenvalue weighted by atomic mass is 10.2. The topological polar surface area (TPSA) is 76.0 Å². The van der Waals surface area contributed by atoms with E-state index in [4.69, 9.17) is 5.11 Å². The Morgan fingerprint density at radius 2 is 2.05 bits per heavy atom. The van der Waals surface area contributed by atoms with Gasteiger partial charge in [-0.3, -0.25) is 0 Å². The van der Waals surface area contributed by atoms with Crippen LogP contribution in [-0.4, -0.2) is 26.3 Å². The Morgan fingerprint density at radius 1 is 1.20 bits per heavy atom. The molecule has 3 rings (SSSR count). The Labute approximate surface area is 118 Å². The van der Waals surface area contributed by atoms with E-state index < -0.39 is 5.97 Å². The third-order valence-electron chi connectivity index (χ3n) is 2.70. The van der Waals surface area contributed by atoms with Crippen LogP contribution in [0.15, 0.2) is 58.7 Å². The lowest BCUT2D eigenvalue weighted by Crippen LogP contribution is -1.99. The van der Waals surface area contributed by atoms with E-state index in [9.17, 15) is 4.79 Å². The summed E-state index contributed by atoms with van der Waals surface area (Å²) in [7, 11) is 0. The number of carboxylic acid groups (broad SMARTS) is 1. The number of nitrogens with zero attached hydrogens (tertiary/aromatic N) is 3. The summed E-state index contributed by atoms with van der Waals surface area (Å²) in [5.74, 6) is -1.04. The van der Waals surface area contributed by atoms with Crippen LogP contribution < -0.4 is 0 Å². The van der Waals surface area contributed by atoms with Crippen LogP contribution in [0, 0.1) is 0 Å². The molecule has 2 heterocycles. The first kappa shape index (κ1) is 12.6. The minimum atomic E-state index is -1.04. The molecule has 0 bridgehead atoms. The molecule has 0 saturated heterocycles. The third kappa shape index (κ3) is 2.46. The van der Waals surface area contributed by atoms with Gasteiger partial charge in [-0.1, -0.05) is 36.0 Å². The van der Waals surface area contributed by atoms with E-state index in [1.54, 1.807) is 12.3 Å². The first-order chi connectivity index (χ1) is 9.74. The van der Waals surface area contributed by atoms with Crippen molar-refractivity contribution in [2.75, 3.05) is 0 Å².